The van der Waals surface area contributed by atoms with Crippen LogP contribution < -0.4 is 9.80 Å². The van der Waals surface area contributed by atoms with Crippen LogP contribution in [0.5, 0.6) is 0 Å². The lowest BCUT2D eigenvalue weighted by molar-refractivity contribution is -0.118. The number of anilines is 2. The predicted octanol–water partition coefficient (Wildman–Crippen LogP) is 3.19. The third kappa shape index (κ3) is 3.96. The summed E-state index contributed by atoms with van der Waals surface area (Å²) in [6.45, 7) is 6.42. The number of aromatic nitrogens is 2. The molecule has 6 heteroatoms. The Hall–Kier alpha value is -2.63. The number of piperidine rings is 1. The monoisotopic (exact) mass is 379 g/mol. The molecule has 0 spiro atoms. The molecule has 1 amide bonds. The molecule has 0 radical (unpaired) electrons. The lowest BCUT2D eigenvalue weighted by Crippen LogP contribution is -2.46. The average molecular weight is 380 g/mol. The van der Waals surface area contributed by atoms with Gasteiger partial charge in [0.15, 0.2) is 5.82 Å². The molecule has 1 aromatic carbocycles. The van der Waals surface area contributed by atoms with Gasteiger partial charge in [-0.05, 0) is 25.7 Å². The normalized spacial score (nSPS) is 20.3. The van der Waals surface area contributed by atoms with Crippen LogP contribution in [0.25, 0.3) is 11.4 Å². The molecule has 4 rings (SSSR count). The molecule has 2 saturated heterocycles. The Morgan fingerprint density at radius 1 is 1.00 bits per heavy atom. The van der Waals surface area contributed by atoms with Crippen molar-refractivity contribution in [3.8, 4) is 11.4 Å². The Labute approximate surface area is 167 Å². The maximum absolute atomic E-state index is 11.0. The Bertz CT molecular complexity index is 789. The van der Waals surface area contributed by atoms with Gasteiger partial charge in [0, 0.05) is 50.4 Å². The van der Waals surface area contributed by atoms with Crippen molar-refractivity contribution in [2.75, 3.05) is 42.5 Å². The van der Waals surface area contributed by atoms with E-state index in [1.54, 1.807) is 0 Å². The van der Waals surface area contributed by atoms with E-state index < -0.39 is 0 Å². The standard InChI is InChI=1S/C22H29N5O/c1-2-19-10-6-7-11-27(19)21-16-20(26-14-12-25(17-28)13-15-26)23-22(24-21)18-8-4-3-5-9-18/h3-5,8-9,16-17,19H,2,6-7,10-15H2,1H3. The second-order valence-electron chi connectivity index (χ2n) is 7.65. The Kier molecular flexibility index (Phi) is 5.74. The molecule has 1 unspecified atom stereocenters. The van der Waals surface area contributed by atoms with Gasteiger partial charge in [0.1, 0.15) is 11.6 Å². The maximum Gasteiger partial charge on any atom is 0.209 e. The molecule has 2 aliphatic heterocycles. The van der Waals surface area contributed by atoms with Crippen molar-refractivity contribution in [2.24, 2.45) is 0 Å². The first-order valence-corrected chi connectivity index (χ1v) is 10.4. The van der Waals surface area contributed by atoms with E-state index in [2.05, 4.69) is 34.9 Å². The number of hydrogen-bond acceptors (Lipinski definition) is 5. The highest BCUT2D eigenvalue weighted by molar-refractivity contribution is 5.63. The van der Waals surface area contributed by atoms with Crippen molar-refractivity contribution >= 4 is 18.0 Å². The van der Waals surface area contributed by atoms with Gasteiger partial charge < -0.3 is 14.7 Å². The molecule has 0 bridgehead atoms. The first kappa shape index (κ1) is 18.7. The van der Waals surface area contributed by atoms with Gasteiger partial charge in [0.25, 0.3) is 0 Å². The highest BCUT2D eigenvalue weighted by atomic mass is 16.1. The summed E-state index contributed by atoms with van der Waals surface area (Å²) in [6, 6.07) is 12.9. The van der Waals surface area contributed by atoms with Gasteiger partial charge in [0.2, 0.25) is 6.41 Å². The van der Waals surface area contributed by atoms with Crippen molar-refractivity contribution in [2.45, 2.75) is 38.6 Å². The van der Waals surface area contributed by atoms with Crippen molar-refractivity contribution in [3.05, 3.63) is 36.4 Å². The molecule has 2 fully saturated rings. The van der Waals surface area contributed by atoms with Crippen LogP contribution in [0.1, 0.15) is 32.6 Å². The van der Waals surface area contributed by atoms with E-state index in [1.807, 2.05) is 23.1 Å². The van der Waals surface area contributed by atoms with Gasteiger partial charge in [-0.1, -0.05) is 37.3 Å². The van der Waals surface area contributed by atoms with Crippen LogP contribution >= 0.6 is 0 Å². The van der Waals surface area contributed by atoms with E-state index in [0.717, 1.165) is 68.6 Å². The molecule has 0 N–H and O–H groups in total. The highest BCUT2D eigenvalue weighted by Gasteiger charge is 2.25. The summed E-state index contributed by atoms with van der Waals surface area (Å²) >= 11 is 0. The minimum Gasteiger partial charge on any atom is -0.353 e. The van der Waals surface area contributed by atoms with E-state index in [4.69, 9.17) is 9.97 Å². The summed E-state index contributed by atoms with van der Waals surface area (Å²) in [6.07, 6.45) is 5.82. The zero-order chi connectivity index (χ0) is 19.3. The summed E-state index contributed by atoms with van der Waals surface area (Å²) in [4.78, 5) is 27.5. The smallest absolute Gasteiger partial charge is 0.209 e. The van der Waals surface area contributed by atoms with E-state index >= 15 is 0 Å². The quantitative estimate of drug-likeness (QED) is 0.747. The molecule has 28 heavy (non-hydrogen) atoms. The Morgan fingerprint density at radius 3 is 2.46 bits per heavy atom. The van der Waals surface area contributed by atoms with Gasteiger partial charge in [-0.25, -0.2) is 9.97 Å². The zero-order valence-corrected chi connectivity index (χ0v) is 16.6. The average Bonchev–Trinajstić information content (AvgIpc) is 2.79. The van der Waals surface area contributed by atoms with E-state index in [0.29, 0.717) is 6.04 Å². The van der Waals surface area contributed by atoms with Gasteiger partial charge in [-0.3, -0.25) is 4.79 Å². The van der Waals surface area contributed by atoms with Crippen LogP contribution in [0, 0.1) is 0 Å². The van der Waals surface area contributed by atoms with E-state index in [1.165, 1.54) is 19.3 Å². The Balaban J connectivity index is 1.70. The van der Waals surface area contributed by atoms with Crippen molar-refractivity contribution in [1.82, 2.24) is 14.9 Å². The number of carbonyl (C=O) groups is 1. The molecule has 2 aliphatic rings. The van der Waals surface area contributed by atoms with Gasteiger partial charge in [-0.15, -0.1) is 0 Å². The van der Waals surface area contributed by atoms with Crippen LogP contribution in [0.2, 0.25) is 0 Å². The van der Waals surface area contributed by atoms with Crippen LogP contribution in [0.3, 0.4) is 0 Å². The SMILES string of the molecule is CCC1CCCCN1c1cc(N2CCN(C=O)CC2)nc(-c2ccccc2)n1. The summed E-state index contributed by atoms with van der Waals surface area (Å²) in [5.74, 6) is 2.79. The summed E-state index contributed by atoms with van der Waals surface area (Å²) in [5.41, 5.74) is 1.04. The topological polar surface area (TPSA) is 52.6 Å². The first-order valence-electron chi connectivity index (χ1n) is 10.4. The molecule has 1 atom stereocenters. The number of nitrogens with zero attached hydrogens (tertiary/aromatic N) is 5. The fourth-order valence-corrected chi connectivity index (χ4v) is 4.23. The second kappa shape index (κ2) is 8.59. The number of carbonyl (C=O) groups excluding carboxylic acids is 1. The molecular weight excluding hydrogens is 350 g/mol. The fraction of sp³-hybridized carbons (Fsp3) is 0.500. The zero-order valence-electron chi connectivity index (χ0n) is 16.6. The largest absolute Gasteiger partial charge is 0.353 e. The lowest BCUT2D eigenvalue weighted by atomic mass is 10.00. The van der Waals surface area contributed by atoms with Gasteiger partial charge >= 0.3 is 0 Å². The van der Waals surface area contributed by atoms with Crippen molar-refractivity contribution in [1.29, 1.82) is 0 Å². The second-order valence-corrected chi connectivity index (χ2v) is 7.65. The molecular formula is C22H29N5O. The highest BCUT2D eigenvalue weighted by Crippen LogP contribution is 2.30. The van der Waals surface area contributed by atoms with Crippen LogP contribution in [0.4, 0.5) is 11.6 Å². The number of piperazine rings is 1. The first-order chi connectivity index (χ1) is 13.8. The van der Waals surface area contributed by atoms with Crippen LogP contribution in [-0.2, 0) is 4.79 Å². The van der Waals surface area contributed by atoms with Gasteiger partial charge in [0.05, 0.1) is 0 Å². The summed E-state index contributed by atoms with van der Waals surface area (Å²) in [5, 5.41) is 0. The number of rotatable bonds is 5. The van der Waals surface area contributed by atoms with Crippen LogP contribution in [0.15, 0.2) is 36.4 Å². The maximum atomic E-state index is 11.0. The molecule has 0 saturated carbocycles. The summed E-state index contributed by atoms with van der Waals surface area (Å²) < 4.78 is 0. The number of hydrogen-bond donors (Lipinski definition) is 0. The molecule has 1 aromatic heterocycles. The van der Waals surface area contributed by atoms with Crippen molar-refractivity contribution < 1.29 is 4.79 Å². The minimum absolute atomic E-state index is 0.548. The Morgan fingerprint density at radius 2 is 1.75 bits per heavy atom. The lowest BCUT2D eigenvalue weighted by Gasteiger charge is -2.37. The third-order valence-electron chi connectivity index (χ3n) is 5.91. The summed E-state index contributed by atoms with van der Waals surface area (Å²) in [7, 11) is 0. The molecule has 2 aromatic rings. The molecule has 148 valence electrons. The number of amides is 1. The van der Waals surface area contributed by atoms with Crippen molar-refractivity contribution in [3.63, 3.8) is 0 Å². The predicted molar refractivity (Wildman–Crippen MR) is 113 cm³/mol. The minimum atomic E-state index is 0.548. The number of benzene rings is 1. The molecule has 6 nitrogen and oxygen atoms in total. The molecule has 3 heterocycles. The third-order valence-corrected chi connectivity index (χ3v) is 5.91. The van der Waals surface area contributed by atoms with Crippen LogP contribution in [-0.4, -0.2) is 60.0 Å². The fourth-order valence-electron chi connectivity index (χ4n) is 4.23. The molecule has 0 aliphatic carbocycles. The van der Waals surface area contributed by atoms with E-state index in [-0.39, 0.29) is 0 Å². The van der Waals surface area contributed by atoms with Gasteiger partial charge in [-0.2, -0.15) is 0 Å². The van der Waals surface area contributed by atoms with E-state index in [9.17, 15) is 4.79 Å².